The van der Waals surface area contributed by atoms with Crippen molar-refractivity contribution in [2.24, 2.45) is 0 Å². The van der Waals surface area contributed by atoms with Gasteiger partial charge in [-0.05, 0) is 36.5 Å². The Hall–Kier alpha value is -1.29. The van der Waals surface area contributed by atoms with Crippen molar-refractivity contribution in [3.8, 4) is 6.07 Å². The van der Waals surface area contributed by atoms with Crippen molar-refractivity contribution in [1.29, 1.82) is 5.26 Å². The van der Waals surface area contributed by atoms with E-state index in [0.29, 0.717) is 5.92 Å². The molecule has 0 aliphatic rings. The predicted octanol–water partition coefficient (Wildman–Crippen LogP) is 5.80. The summed E-state index contributed by atoms with van der Waals surface area (Å²) < 4.78 is 0. The van der Waals surface area contributed by atoms with Gasteiger partial charge in [-0.3, -0.25) is 0 Å². The number of hydrogen-bond donors (Lipinski definition) is 0. The normalized spacial score (nSPS) is 10.6. The minimum absolute atomic E-state index is 0.686. The van der Waals surface area contributed by atoms with Crippen LogP contribution in [0.4, 0.5) is 0 Å². The van der Waals surface area contributed by atoms with Crippen LogP contribution in [0.15, 0.2) is 24.3 Å². The zero-order valence-electron chi connectivity index (χ0n) is 12.5. The Labute approximate surface area is 118 Å². The van der Waals surface area contributed by atoms with E-state index in [4.69, 9.17) is 5.26 Å². The standard InChI is InChI=1S/C18H27N/c1-3-5-7-9-17(10-8-6-4-2)18-13-11-16(15-19)12-14-18/h11-14,17H,3-10H2,1-2H3. The lowest BCUT2D eigenvalue weighted by molar-refractivity contribution is 0.506. The topological polar surface area (TPSA) is 23.8 Å². The number of rotatable bonds is 9. The van der Waals surface area contributed by atoms with Crippen LogP contribution in [0.5, 0.6) is 0 Å². The van der Waals surface area contributed by atoms with Gasteiger partial charge in [0.15, 0.2) is 0 Å². The molecule has 0 aliphatic heterocycles. The van der Waals surface area contributed by atoms with Crippen molar-refractivity contribution in [3.63, 3.8) is 0 Å². The molecule has 0 atom stereocenters. The number of nitriles is 1. The molecule has 1 rings (SSSR count). The molecule has 104 valence electrons. The molecule has 1 heteroatoms. The van der Waals surface area contributed by atoms with Gasteiger partial charge in [0.25, 0.3) is 0 Å². The van der Waals surface area contributed by atoms with E-state index in [1.54, 1.807) is 0 Å². The molecule has 0 saturated heterocycles. The second-order valence-electron chi connectivity index (χ2n) is 5.42. The fraction of sp³-hybridized carbons (Fsp3) is 0.611. The average molecular weight is 257 g/mol. The molecular weight excluding hydrogens is 230 g/mol. The minimum atomic E-state index is 0.686. The fourth-order valence-electron chi connectivity index (χ4n) is 2.59. The smallest absolute Gasteiger partial charge is 0.0991 e. The van der Waals surface area contributed by atoms with Gasteiger partial charge in [-0.25, -0.2) is 0 Å². The summed E-state index contributed by atoms with van der Waals surface area (Å²) in [6.45, 7) is 4.52. The average Bonchev–Trinajstić information content (AvgIpc) is 2.46. The van der Waals surface area contributed by atoms with Gasteiger partial charge in [0.1, 0.15) is 0 Å². The van der Waals surface area contributed by atoms with Crippen LogP contribution in [0.2, 0.25) is 0 Å². The Morgan fingerprint density at radius 2 is 1.42 bits per heavy atom. The maximum atomic E-state index is 8.86. The van der Waals surface area contributed by atoms with Gasteiger partial charge < -0.3 is 0 Å². The highest BCUT2D eigenvalue weighted by molar-refractivity contribution is 5.33. The van der Waals surface area contributed by atoms with E-state index in [0.717, 1.165) is 5.56 Å². The minimum Gasteiger partial charge on any atom is -0.192 e. The van der Waals surface area contributed by atoms with Gasteiger partial charge in [-0.1, -0.05) is 64.5 Å². The maximum absolute atomic E-state index is 8.86. The van der Waals surface area contributed by atoms with Crippen molar-refractivity contribution in [3.05, 3.63) is 35.4 Å². The highest BCUT2D eigenvalue weighted by Crippen LogP contribution is 2.28. The molecule has 1 aromatic carbocycles. The first kappa shape index (κ1) is 15.8. The van der Waals surface area contributed by atoms with E-state index in [1.807, 2.05) is 12.1 Å². The quantitative estimate of drug-likeness (QED) is 0.513. The lowest BCUT2D eigenvalue weighted by Gasteiger charge is -2.17. The van der Waals surface area contributed by atoms with E-state index in [1.165, 1.54) is 56.9 Å². The Balaban J connectivity index is 2.61. The fourth-order valence-corrected chi connectivity index (χ4v) is 2.59. The summed E-state index contributed by atoms with van der Waals surface area (Å²) in [4.78, 5) is 0. The van der Waals surface area contributed by atoms with Crippen molar-refractivity contribution < 1.29 is 0 Å². The van der Waals surface area contributed by atoms with Crippen molar-refractivity contribution in [1.82, 2.24) is 0 Å². The van der Waals surface area contributed by atoms with Crippen molar-refractivity contribution in [2.45, 2.75) is 71.1 Å². The van der Waals surface area contributed by atoms with Gasteiger partial charge in [0.05, 0.1) is 11.6 Å². The summed E-state index contributed by atoms with van der Waals surface area (Å²) >= 11 is 0. The summed E-state index contributed by atoms with van der Waals surface area (Å²) in [5.74, 6) is 0.686. The first-order valence-corrected chi connectivity index (χ1v) is 7.81. The molecule has 0 aliphatic carbocycles. The molecular formula is C18H27N. The third-order valence-corrected chi connectivity index (χ3v) is 3.82. The zero-order chi connectivity index (χ0) is 13.9. The molecule has 0 heterocycles. The molecule has 0 spiro atoms. The second kappa shape index (κ2) is 9.62. The van der Waals surface area contributed by atoms with Gasteiger partial charge in [0, 0.05) is 0 Å². The molecule has 0 bridgehead atoms. The molecule has 1 nitrogen and oxygen atoms in total. The molecule has 19 heavy (non-hydrogen) atoms. The maximum Gasteiger partial charge on any atom is 0.0991 e. The van der Waals surface area contributed by atoms with Gasteiger partial charge in [-0.2, -0.15) is 5.26 Å². The van der Waals surface area contributed by atoms with Gasteiger partial charge in [0.2, 0.25) is 0 Å². The predicted molar refractivity (Wildman–Crippen MR) is 82.2 cm³/mol. The lowest BCUT2D eigenvalue weighted by Crippen LogP contribution is -2.00. The van der Waals surface area contributed by atoms with Crippen LogP contribution in [-0.4, -0.2) is 0 Å². The zero-order valence-corrected chi connectivity index (χ0v) is 12.5. The second-order valence-corrected chi connectivity index (χ2v) is 5.42. The molecule has 0 amide bonds. The summed E-state index contributed by atoms with van der Waals surface area (Å²) in [5.41, 5.74) is 2.19. The number of unbranched alkanes of at least 4 members (excludes halogenated alkanes) is 4. The SMILES string of the molecule is CCCCCC(CCCCC)c1ccc(C#N)cc1. The summed E-state index contributed by atoms with van der Waals surface area (Å²) in [5, 5.41) is 8.86. The number of benzene rings is 1. The van der Waals surface area contributed by atoms with E-state index in [9.17, 15) is 0 Å². The third-order valence-electron chi connectivity index (χ3n) is 3.82. The summed E-state index contributed by atoms with van der Waals surface area (Å²) in [7, 11) is 0. The third kappa shape index (κ3) is 5.92. The molecule has 0 N–H and O–H groups in total. The Morgan fingerprint density at radius 1 is 0.895 bits per heavy atom. The first-order valence-electron chi connectivity index (χ1n) is 7.81. The Morgan fingerprint density at radius 3 is 1.84 bits per heavy atom. The Bertz CT molecular complexity index is 362. The van der Waals surface area contributed by atoms with Crippen molar-refractivity contribution >= 4 is 0 Å². The van der Waals surface area contributed by atoms with Crippen LogP contribution in [0, 0.1) is 11.3 Å². The molecule has 0 aromatic heterocycles. The van der Waals surface area contributed by atoms with Crippen LogP contribution in [0.25, 0.3) is 0 Å². The van der Waals surface area contributed by atoms with Crippen LogP contribution < -0.4 is 0 Å². The molecule has 0 unspecified atom stereocenters. The molecule has 0 radical (unpaired) electrons. The van der Waals surface area contributed by atoms with Crippen LogP contribution >= 0.6 is 0 Å². The van der Waals surface area contributed by atoms with Crippen LogP contribution in [0.1, 0.15) is 82.3 Å². The van der Waals surface area contributed by atoms with Crippen LogP contribution in [0.3, 0.4) is 0 Å². The monoisotopic (exact) mass is 257 g/mol. The van der Waals surface area contributed by atoms with Crippen molar-refractivity contribution in [2.75, 3.05) is 0 Å². The first-order chi connectivity index (χ1) is 9.31. The van der Waals surface area contributed by atoms with E-state index in [2.05, 4.69) is 32.0 Å². The van der Waals surface area contributed by atoms with E-state index in [-0.39, 0.29) is 0 Å². The molecule has 0 fully saturated rings. The highest BCUT2D eigenvalue weighted by Gasteiger charge is 2.11. The van der Waals surface area contributed by atoms with Crippen LogP contribution in [-0.2, 0) is 0 Å². The Kier molecular flexibility index (Phi) is 7.98. The summed E-state index contributed by atoms with van der Waals surface area (Å²) in [6, 6.07) is 10.4. The van der Waals surface area contributed by atoms with E-state index >= 15 is 0 Å². The lowest BCUT2D eigenvalue weighted by atomic mass is 9.88. The van der Waals surface area contributed by atoms with Gasteiger partial charge in [-0.15, -0.1) is 0 Å². The molecule has 1 aromatic rings. The summed E-state index contributed by atoms with van der Waals surface area (Å²) in [6.07, 6.45) is 10.5. The molecule has 0 saturated carbocycles. The number of nitrogens with zero attached hydrogens (tertiary/aromatic N) is 1. The number of hydrogen-bond acceptors (Lipinski definition) is 1. The van der Waals surface area contributed by atoms with Gasteiger partial charge >= 0.3 is 0 Å². The highest BCUT2D eigenvalue weighted by atomic mass is 14.2. The largest absolute Gasteiger partial charge is 0.192 e. The van der Waals surface area contributed by atoms with E-state index < -0.39 is 0 Å².